The molecule has 1 fully saturated rings. The van der Waals surface area contributed by atoms with Gasteiger partial charge in [-0.05, 0) is 36.5 Å². The van der Waals surface area contributed by atoms with Crippen LogP contribution in [0.5, 0.6) is 5.75 Å². The number of aliphatic hydroxyl groups is 1. The molecule has 4 heteroatoms. The minimum absolute atomic E-state index is 0.0242. The van der Waals surface area contributed by atoms with Gasteiger partial charge in [0, 0.05) is 12.1 Å². The molecule has 1 amide bonds. The monoisotopic (exact) mass is 275 g/mol. The number of rotatable bonds is 3. The van der Waals surface area contributed by atoms with E-state index in [4.69, 9.17) is 0 Å². The van der Waals surface area contributed by atoms with Crippen molar-refractivity contribution in [3.05, 3.63) is 29.3 Å². The van der Waals surface area contributed by atoms with Crippen LogP contribution in [0, 0.1) is 5.92 Å². The molecule has 1 atom stereocenters. The molecule has 2 aliphatic rings. The van der Waals surface area contributed by atoms with Gasteiger partial charge in [-0.15, -0.1) is 0 Å². The van der Waals surface area contributed by atoms with Crippen LogP contribution in [0.2, 0.25) is 0 Å². The maximum absolute atomic E-state index is 12.5. The van der Waals surface area contributed by atoms with Gasteiger partial charge in [0.15, 0.2) is 0 Å². The van der Waals surface area contributed by atoms with E-state index in [1.807, 2.05) is 0 Å². The zero-order chi connectivity index (χ0) is 14.1. The van der Waals surface area contributed by atoms with Gasteiger partial charge in [-0.25, -0.2) is 0 Å². The summed E-state index contributed by atoms with van der Waals surface area (Å²) >= 11 is 0. The van der Waals surface area contributed by atoms with E-state index >= 15 is 0 Å². The SMILES string of the molecule is O=C1c2cc(O)ccc2CN1C(CO)C1CCCCC1. The van der Waals surface area contributed by atoms with E-state index in [1.165, 1.54) is 25.3 Å². The first kappa shape index (κ1) is 13.4. The minimum atomic E-state index is -0.0858. The molecule has 4 nitrogen and oxygen atoms in total. The molecule has 0 aromatic heterocycles. The molecule has 1 aromatic rings. The van der Waals surface area contributed by atoms with Gasteiger partial charge in [-0.2, -0.15) is 0 Å². The molecule has 20 heavy (non-hydrogen) atoms. The summed E-state index contributed by atoms with van der Waals surface area (Å²) < 4.78 is 0. The van der Waals surface area contributed by atoms with Crippen LogP contribution in [0.1, 0.15) is 48.0 Å². The number of benzene rings is 1. The Morgan fingerprint density at radius 1 is 1.25 bits per heavy atom. The Morgan fingerprint density at radius 2 is 2.00 bits per heavy atom. The third-order valence-corrected chi connectivity index (χ3v) is 4.71. The number of phenols is 1. The Balaban J connectivity index is 1.82. The van der Waals surface area contributed by atoms with Gasteiger partial charge in [0.25, 0.3) is 5.91 Å². The zero-order valence-corrected chi connectivity index (χ0v) is 11.6. The van der Waals surface area contributed by atoms with E-state index in [9.17, 15) is 15.0 Å². The Labute approximate surface area is 119 Å². The molecule has 1 saturated carbocycles. The molecule has 0 saturated heterocycles. The molecule has 1 aliphatic carbocycles. The highest BCUT2D eigenvalue weighted by Crippen LogP contribution is 2.34. The van der Waals surface area contributed by atoms with E-state index < -0.39 is 0 Å². The van der Waals surface area contributed by atoms with Crippen molar-refractivity contribution in [2.75, 3.05) is 6.61 Å². The lowest BCUT2D eigenvalue weighted by Crippen LogP contribution is -2.44. The number of carbonyl (C=O) groups is 1. The van der Waals surface area contributed by atoms with Crippen molar-refractivity contribution in [2.24, 2.45) is 5.92 Å². The fraction of sp³-hybridized carbons (Fsp3) is 0.562. The number of hydrogen-bond donors (Lipinski definition) is 2. The van der Waals surface area contributed by atoms with Crippen LogP contribution >= 0.6 is 0 Å². The Kier molecular flexibility index (Phi) is 3.66. The van der Waals surface area contributed by atoms with E-state index in [0.717, 1.165) is 18.4 Å². The van der Waals surface area contributed by atoms with Crippen LogP contribution in [0.15, 0.2) is 18.2 Å². The molecule has 2 N–H and O–H groups in total. The topological polar surface area (TPSA) is 60.8 Å². The third-order valence-electron chi connectivity index (χ3n) is 4.71. The van der Waals surface area contributed by atoms with Crippen LogP contribution in [-0.4, -0.2) is 33.7 Å². The lowest BCUT2D eigenvalue weighted by Gasteiger charge is -2.35. The van der Waals surface area contributed by atoms with Gasteiger partial charge in [0.1, 0.15) is 5.75 Å². The van der Waals surface area contributed by atoms with Crippen LogP contribution in [-0.2, 0) is 6.54 Å². The average molecular weight is 275 g/mol. The smallest absolute Gasteiger partial charge is 0.254 e. The lowest BCUT2D eigenvalue weighted by molar-refractivity contribution is 0.0439. The van der Waals surface area contributed by atoms with Crippen LogP contribution in [0.25, 0.3) is 0 Å². The molecule has 0 bridgehead atoms. The maximum Gasteiger partial charge on any atom is 0.254 e. The summed E-state index contributed by atoms with van der Waals surface area (Å²) in [6, 6.07) is 4.87. The highest BCUT2D eigenvalue weighted by atomic mass is 16.3. The summed E-state index contributed by atoms with van der Waals surface area (Å²) in [6.45, 7) is 0.576. The molecule has 3 rings (SSSR count). The van der Waals surface area contributed by atoms with Crippen molar-refractivity contribution >= 4 is 5.91 Å². The van der Waals surface area contributed by atoms with Crippen molar-refractivity contribution in [3.63, 3.8) is 0 Å². The number of fused-ring (bicyclic) bond motifs is 1. The summed E-state index contributed by atoms with van der Waals surface area (Å²) in [4.78, 5) is 14.3. The molecule has 1 unspecified atom stereocenters. The predicted molar refractivity (Wildman–Crippen MR) is 75.4 cm³/mol. The van der Waals surface area contributed by atoms with Crippen molar-refractivity contribution in [3.8, 4) is 5.75 Å². The number of aliphatic hydroxyl groups excluding tert-OH is 1. The molecule has 108 valence electrons. The van der Waals surface area contributed by atoms with Gasteiger partial charge in [0.2, 0.25) is 0 Å². The highest BCUT2D eigenvalue weighted by molar-refractivity contribution is 5.99. The molecular formula is C16H21NO3. The van der Waals surface area contributed by atoms with Crippen LogP contribution < -0.4 is 0 Å². The average Bonchev–Trinajstić information content (AvgIpc) is 2.78. The molecule has 1 heterocycles. The Morgan fingerprint density at radius 3 is 2.70 bits per heavy atom. The standard InChI is InChI=1S/C16H21NO3/c18-10-15(11-4-2-1-3-5-11)17-9-12-6-7-13(19)8-14(12)16(17)20/h6-8,11,15,18-19H,1-5,9-10H2. The van der Waals surface area contributed by atoms with Crippen molar-refractivity contribution < 1.29 is 15.0 Å². The second-order valence-corrected chi connectivity index (χ2v) is 5.92. The number of phenolic OH excluding ortho intramolecular Hbond substituents is 1. The molecule has 0 spiro atoms. The van der Waals surface area contributed by atoms with Gasteiger partial charge in [0.05, 0.1) is 12.6 Å². The first-order valence-electron chi connectivity index (χ1n) is 7.44. The number of aromatic hydroxyl groups is 1. The Hall–Kier alpha value is -1.55. The number of hydrogen-bond acceptors (Lipinski definition) is 3. The summed E-state index contributed by atoms with van der Waals surface area (Å²) in [6.07, 6.45) is 5.83. The van der Waals surface area contributed by atoms with Crippen molar-refractivity contribution in [2.45, 2.75) is 44.7 Å². The maximum atomic E-state index is 12.5. The van der Waals surface area contributed by atoms with Crippen LogP contribution in [0.4, 0.5) is 0 Å². The zero-order valence-electron chi connectivity index (χ0n) is 11.6. The van der Waals surface area contributed by atoms with E-state index in [-0.39, 0.29) is 24.3 Å². The van der Waals surface area contributed by atoms with E-state index in [0.29, 0.717) is 18.0 Å². The van der Waals surface area contributed by atoms with Crippen molar-refractivity contribution in [1.82, 2.24) is 4.90 Å². The fourth-order valence-corrected chi connectivity index (χ4v) is 3.60. The van der Waals surface area contributed by atoms with Crippen LogP contribution in [0.3, 0.4) is 0 Å². The summed E-state index contributed by atoms with van der Waals surface area (Å²) in [5, 5.41) is 19.3. The summed E-state index contributed by atoms with van der Waals surface area (Å²) in [5.41, 5.74) is 1.53. The first-order chi connectivity index (χ1) is 9.70. The van der Waals surface area contributed by atoms with E-state index in [2.05, 4.69) is 0 Å². The van der Waals surface area contributed by atoms with Gasteiger partial charge < -0.3 is 15.1 Å². The quantitative estimate of drug-likeness (QED) is 0.889. The molecule has 0 radical (unpaired) electrons. The lowest BCUT2D eigenvalue weighted by atomic mass is 9.83. The van der Waals surface area contributed by atoms with E-state index in [1.54, 1.807) is 17.0 Å². The second-order valence-electron chi connectivity index (χ2n) is 5.92. The fourth-order valence-electron chi connectivity index (χ4n) is 3.60. The number of amides is 1. The third kappa shape index (κ3) is 2.29. The summed E-state index contributed by atoms with van der Waals surface area (Å²) in [5.74, 6) is 0.471. The highest BCUT2D eigenvalue weighted by Gasteiger charge is 2.36. The second kappa shape index (κ2) is 5.44. The summed E-state index contributed by atoms with van der Waals surface area (Å²) in [7, 11) is 0. The minimum Gasteiger partial charge on any atom is -0.508 e. The van der Waals surface area contributed by atoms with Gasteiger partial charge in [-0.3, -0.25) is 4.79 Å². The molecule has 1 aliphatic heterocycles. The normalized spacial score (nSPS) is 21.1. The largest absolute Gasteiger partial charge is 0.508 e. The molecular weight excluding hydrogens is 254 g/mol. The Bertz CT molecular complexity index is 508. The van der Waals surface area contributed by atoms with Gasteiger partial charge >= 0.3 is 0 Å². The van der Waals surface area contributed by atoms with Crippen molar-refractivity contribution in [1.29, 1.82) is 0 Å². The number of nitrogens with zero attached hydrogens (tertiary/aromatic N) is 1. The predicted octanol–water partition coefficient (Wildman–Crippen LogP) is 2.29. The van der Waals surface area contributed by atoms with Gasteiger partial charge in [-0.1, -0.05) is 25.3 Å². The number of carbonyl (C=O) groups excluding carboxylic acids is 1. The first-order valence-corrected chi connectivity index (χ1v) is 7.44. The molecule has 1 aromatic carbocycles.